The van der Waals surface area contributed by atoms with Gasteiger partial charge in [0.1, 0.15) is 6.04 Å². The lowest BCUT2D eigenvalue weighted by Crippen LogP contribution is -2.37. The molecule has 0 spiro atoms. The van der Waals surface area contributed by atoms with Crippen LogP contribution >= 0.6 is 0 Å². The van der Waals surface area contributed by atoms with Crippen LogP contribution < -0.4 is 26.5 Å². The highest BCUT2D eigenvalue weighted by Crippen LogP contribution is 2.27. The summed E-state index contributed by atoms with van der Waals surface area (Å²) in [5.41, 5.74) is 5.23. The number of carbonyl (C=O) groups is 2. The van der Waals surface area contributed by atoms with E-state index in [1.165, 1.54) is 4.57 Å². The zero-order valence-electron chi connectivity index (χ0n) is 18.4. The summed E-state index contributed by atoms with van der Waals surface area (Å²) in [4.78, 5) is 51.6. The second kappa shape index (κ2) is 9.34. The van der Waals surface area contributed by atoms with Gasteiger partial charge in [-0.25, -0.2) is 4.98 Å². The Morgan fingerprint density at radius 2 is 2.09 bits per heavy atom. The van der Waals surface area contributed by atoms with Crippen LogP contribution in [-0.4, -0.2) is 32.9 Å². The molecule has 10 nitrogen and oxygen atoms in total. The number of hydrogen-bond donors (Lipinski definition) is 3. The molecule has 0 saturated carbocycles. The van der Waals surface area contributed by atoms with Gasteiger partial charge in [-0.3, -0.25) is 23.9 Å². The second-order valence-corrected chi connectivity index (χ2v) is 8.25. The minimum atomic E-state index is -0.609. The normalized spacial score (nSPS) is 16.1. The molecule has 3 aromatic rings. The molecule has 0 saturated heterocycles. The SMILES string of the molecule is O=C1Cc2cccc(CNC(=O)[C@@H]3CCc4cnc(NCCc5ccccn5)c(=O)n43)c2ON1. The Morgan fingerprint density at radius 1 is 1.18 bits per heavy atom. The highest BCUT2D eigenvalue weighted by atomic mass is 16.7. The van der Waals surface area contributed by atoms with E-state index in [1.54, 1.807) is 12.4 Å². The molecule has 0 radical (unpaired) electrons. The summed E-state index contributed by atoms with van der Waals surface area (Å²) in [6.07, 6.45) is 5.39. The van der Waals surface area contributed by atoms with Crippen LogP contribution in [0.2, 0.25) is 0 Å². The van der Waals surface area contributed by atoms with Gasteiger partial charge >= 0.3 is 0 Å². The summed E-state index contributed by atoms with van der Waals surface area (Å²) in [6, 6.07) is 10.6. The molecule has 0 unspecified atom stereocenters. The van der Waals surface area contributed by atoms with Crippen LogP contribution in [0.25, 0.3) is 0 Å². The largest absolute Gasteiger partial charge is 0.379 e. The smallest absolute Gasteiger partial charge is 0.294 e. The van der Waals surface area contributed by atoms with E-state index in [0.29, 0.717) is 31.6 Å². The van der Waals surface area contributed by atoms with Crippen LogP contribution in [-0.2, 0) is 35.4 Å². The number of nitrogens with zero attached hydrogens (tertiary/aromatic N) is 3. The molecule has 2 aromatic heterocycles. The van der Waals surface area contributed by atoms with Crippen molar-refractivity contribution in [2.75, 3.05) is 11.9 Å². The molecule has 34 heavy (non-hydrogen) atoms. The lowest BCUT2D eigenvalue weighted by atomic mass is 10.0. The quantitative estimate of drug-likeness (QED) is 0.481. The first-order valence-corrected chi connectivity index (χ1v) is 11.2. The minimum absolute atomic E-state index is 0.214. The Bertz CT molecular complexity index is 1290. The third kappa shape index (κ3) is 4.34. The van der Waals surface area contributed by atoms with Crippen molar-refractivity contribution >= 4 is 17.6 Å². The van der Waals surface area contributed by atoms with Gasteiger partial charge in [-0.1, -0.05) is 24.3 Å². The number of hydroxylamine groups is 1. The third-order valence-electron chi connectivity index (χ3n) is 6.01. The van der Waals surface area contributed by atoms with Crippen LogP contribution in [0.15, 0.2) is 53.6 Å². The fourth-order valence-electron chi connectivity index (χ4n) is 4.33. The average Bonchev–Trinajstić information content (AvgIpc) is 3.29. The molecule has 4 heterocycles. The Morgan fingerprint density at radius 3 is 2.94 bits per heavy atom. The van der Waals surface area contributed by atoms with Gasteiger partial charge in [0.25, 0.3) is 11.5 Å². The maximum atomic E-state index is 13.1. The van der Waals surface area contributed by atoms with E-state index in [-0.39, 0.29) is 36.2 Å². The predicted molar refractivity (Wildman–Crippen MR) is 123 cm³/mol. The first kappa shape index (κ1) is 21.6. The number of aryl methyl sites for hydroxylation is 1. The summed E-state index contributed by atoms with van der Waals surface area (Å²) in [7, 11) is 0. The monoisotopic (exact) mass is 460 g/mol. The molecule has 10 heteroatoms. The highest BCUT2D eigenvalue weighted by Gasteiger charge is 2.31. The number of fused-ring (bicyclic) bond motifs is 2. The van der Waals surface area contributed by atoms with Crippen molar-refractivity contribution in [3.8, 4) is 5.75 Å². The van der Waals surface area contributed by atoms with Crippen molar-refractivity contribution in [3.63, 3.8) is 0 Å². The highest BCUT2D eigenvalue weighted by molar-refractivity contribution is 5.82. The number of hydrogen-bond acceptors (Lipinski definition) is 7. The van der Waals surface area contributed by atoms with Crippen molar-refractivity contribution in [1.82, 2.24) is 25.3 Å². The summed E-state index contributed by atoms with van der Waals surface area (Å²) in [6.45, 7) is 0.726. The van der Waals surface area contributed by atoms with Crippen LogP contribution in [0, 0.1) is 0 Å². The second-order valence-electron chi connectivity index (χ2n) is 8.25. The number of aromatic nitrogens is 3. The number of rotatable bonds is 7. The molecule has 1 atom stereocenters. The predicted octanol–water partition coefficient (Wildman–Crippen LogP) is 1.06. The number of benzene rings is 1. The minimum Gasteiger partial charge on any atom is -0.379 e. The number of carbonyl (C=O) groups excluding carboxylic acids is 2. The fourth-order valence-corrected chi connectivity index (χ4v) is 4.33. The summed E-state index contributed by atoms with van der Waals surface area (Å²) >= 11 is 0. The van der Waals surface area contributed by atoms with E-state index in [2.05, 4.69) is 26.1 Å². The number of pyridine rings is 1. The molecule has 1 aromatic carbocycles. The molecular formula is C24H24N6O4. The van der Waals surface area contributed by atoms with E-state index >= 15 is 0 Å². The van der Waals surface area contributed by atoms with Gasteiger partial charge in [0, 0.05) is 54.4 Å². The molecule has 0 aliphatic carbocycles. The van der Waals surface area contributed by atoms with Gasteiger partial charge in [0.15, 0.2) is 11.6 Å². The van der Waals surface area contributed by atoms with Crippen molar-refractivity contribution in [2.45, 2.75) is 38.3 Å². The van der Waals surface area contributed by atoms with E-state index in [4.69, 9.17) is 4.84 Å². The Balaban J connectivity index is 1.26. The summed E-state index contributed by atoms with van der Waals surface area (Å²) < 4.78 is 1.53. The molecule has 2 amide bonds. The maximum absolute atomic E-state index is 13.1. The van der Waals surface area contributed by atoms with E-state index in [0.717, 1.165) is 22.5 Å². The molecular weight excluding hydrogens is 436 g/mol. The molecule has 0 fully saturated rings. The number of para-hydroxylation sites is 1. The van der Waals surface area contributed by atoms with Gasteiger partial charge < -0.3 is 15.5 Å². The topological polar surface area (TPSA) is 127 Å². The Labute approximate surface area is 195 Å². The molecule has 0 bridgehead atoms. The van der Waals surface area contributed by atoms with Crippen molar-refractivity contribution in [1.29, 1.82) is 0 Å². The standard InChI is InChI=1S/C24H24N6O4/c31-20-12-15-4-3-5-16(21(15)34-29-20)13-28-23(32)19-8-7-18-14-27-22(24(33)30(18)19)26-11-9-17-6-1-2-10-25-17/h1-6,10,14,19H,7-9,11-13H2,(H,26,27)(H,28,32)(H,29,31)/t19-/m0/s1. The zero-order valence-corrected chi connectivity index (χ0v) is 18.4. The van der Waals surface area contributed by atoms with Crippen molar-refractivity contribution in [3.05, 3.63) is 81.7 Å². The van der Waals surface area contributed by atoms with E-state index < -0.39 is 6.04 Å². The molecule has 5 rings (SSSR count). The van der Waals surface area contributed by atoms with Gasteiger partial charge in [-0.2, -0.15) is 5.48 Å². The molecule has 174 valence electrons. The van der Waals surface area contributed by atoms with Crippen molar-refractivity contribution < 1.29 is 14.4 Å². The van der Waals surface area contributed by atoms with Gasteiger partial charge in [0.05, 0.1) is 6.42 Å². The van der Waals surface area contributed by atoms with Crippen molar-refractivity contribution in [2.24, 2.45) is 0 Å². The first-order chi connectivity index (χ1) is 16.6. The third-order valence-corrected chi connectivity index (χ3v) is 6.01. The molecule has 2 aliphatic rings. The molecule has 2 aliphatic heterocycles. The lowest BCUT2D eigenvalue weighted by Gasteiger charge is -2.20. The molecule has 3 N–H and O–H groups in total. The summed E-state index contributed by atoms with van der Waals surface area (Å²) in [5, 5.41) is 5.99. The zero-order chi connectivity index (χ0) is 23.5. The fraction of sp³-hybridized carbons (Fsp3) is 0.292. The van der Waals surface area contributed by atoms with Gasteiger partial charge in [-0.05, 0) is 25.0 Å². The van der Waals surface area contributed by atoms with Crippen LogP contribution in [0.4, 0.5) is 5.82 Å². The summed E-state index contributed by atoms with van der Waals surface area (Å²) in [5.74, 6) is 0.313. The number of amides is 2. The van der Waals surface area contributed by atoms with Gasteiger partial charge in [-0.15, -0.1) is 0 Å². The Kier molecular flexibility index (Phi) is 5.94. The number of anilines is 1. The maximum Gasteiger partial charge on any atom is 0.294 e. The first-order valence-electron chi connectivity index (χ1n) is 11.2. The lowest BCUT2D eigenvalue weighted by molar-refractivity contribution is -0.128. The van der Waals surface area contributed by atoms with Gasteiger partial charge in [0.2, 0.25) is 5.91 Å². The average molecular weight is 460 g/mol. The van der Waals surface area contributed by atoms with E-state index in [9.17, 15) is 14.4 Å². The van der Waals surface area contributed by atoms with Crippen LogP contribution in [0.3, 0.4) is 0 Å². The van der Waals surface area contributed by atoms with Crippen LogP contribution in [0.1, 0.15) is 35.0 Å². The number of nitrogens with one attached hydrogen (secondary N) is 3. The Hall–Kier alpha value is -4.21. The van der Waals surface area contributed by atoms with E-state index in [1.807, 2.05) is 36.4 Å². The van der Waals surface area contributed by atoms with Crippen LogP contribution in [0.5, 0.6) is 5.75 Å².